The van der Waals surface area contributed by atoms with Crippen LogP contribution in [0.4, 0.5) is 4.79 Å². The predicted molar refractivity (Wildman–Crippen MR) is 66.1 cm³/mol. The summed E-state index contributed by atoms with van der Waals surface area (Å²) in [6, 6.07) is -0.611. The van der Waals surface area contributed by atoms with Gasteiger partial charge in [0.2, 0.25) is 0 Å². The van der Waals surface area contributed by atoms with Gasteiger partial charge >= 0.3 is 6.09 Å². The number of H-pyrrole nitrogens is 1. The molecule has 0 radical (unpaired) electrons. The number of ketones is 1. The molecule has 2 N–H and O–H groups in total. The zero-order chi connectivity index (χ0) is 13.8. The summed E-state index contributed by atoms with van der Waals surface area (Å²) >= 11 is 0. The van der Waals surface area contributed by atoms with Gasteiger partial charge in [-0.25, -0.2) is 9.78 Å². The van der Waals surface area contributed by atoms with Crippen molar-refractivity contribution >= 4 is 11.9 Å². The molecule has 0 spiro atoms. The van der Waals surface area contributed by atoms with E-state index in [4.69, 9.17) is 4.74 Å². The molecule has 1 amide bonds. The molecule has 0 fully saturated rings. The Morgan fingerprint density at radius 1 is 1.50 bits per heavy atom. The summed E-state index contributed by atoms with van der Waals surface area (Å²) in [5, 5.41) is 2.55. The molecule has 0 bridgehead atoms. The molecule has 0 aliphatic rings. The highest BCUT2D eigenvalue weighted by molar-refractivity contribution is 5.85. The Hall–Kier alpha value is -1.85. The first kappa shape index (κ1) is 14.2. The van der Waals surface area contributed by atoms with Crippen LogP contribution >= 0.6 is 0 Å². The molecule has 1 unspecified atom stereocenters. The van der Waals surface area contributed by atoms with E-state index >= 15 is 0 Å². The second kappa shape index (κ2) is 5.66. The Morgan fingerprint density at radius 3 is 2.61 bits per heavy atom. The molecule has 1 aromatic heterocycles. The molecule has 6 heteroatoms. The van der Waals surface area contributed by atoms with Gasteiger partial charge in [-0.1, -0.05) is 0 Å². The summed E-state index contributed by atoms with van der Waals surface area (Å²) in [5.74, 6) is -0.129. The van der Waals surface area contributed by atoms with Crippen molar-refractivity contribution in [1.29, 1.82) is 0 Å². The van der Waals surface area contributed by atoms with Crippen LogP contribution in [0.3, 0.4) is 0 Å². The number of aromatic nitrogens is 2. The minimum atomic E-state index is -0.611. The van der Waals surface area contributed by atoms with E-state index in [-0.39, 0.29) is 5.78 Å². The van der Waals surface area contributed by atoms with Crippen LogP contribution < -0.4 is 5.32 Å². The molecule has 0 aromatic carbocycles. The van der Waals surface area contributed by atoms with Gasteiger partial charge in [0.15, 0.2) is 5.78 Å². The van der Waals surface area contributed by atoms with Crippen molar-refractivity contribution in [3.8, 4) is 0 Å². The van der Waals surface area contributed by atoms with Gasteiger partial charge in [-0.2, -0.15) is 0 Å². The van der Waals surface area contributed by atoms with Gasteiger partial charge in [-0.3, -0.25) is 4.79 Å². The van der Waals surface area contributed by atoms with Crippen molar-refractivity contribution < 1.29 is 14.3 Å². The van der Waals surface area contributed by atoms with Gasteiger partial charge < -0.3 is 15.0 Å². The normalized spacial score (nSPS) is 12.9. The highest BCUT2D eigenvalue weighted by atomic mass is 16.6. The van der Waals surface area contributed by atoms with Gasteiger partial charge in [0.1, 0.15) is 5.60 Å². The summed E-state index contributed by atoms with van der Waals surface area (Å²) in [6.45, 7) is 6.73. The number of amides is 1. The first-order valence-corrected chi connectivity index (χ1v) is 5.75. The number of hydrogen-bond donors (Lipinski definition) is 2. The first-order chi connectivity index (χ1) is 8.28. The fraction of sp³-hybridized carbons (Fsp3) is 0.583. The molecule has 6 nitrogen and oxygen atoms in total. The summed E-state index contributed by atoms with van der Waals surface area (Å²) in [6.07, 6.45) is 2.92. The quantitative estimate of drug-likeness (QED) is 0.850. The number of ether oxygens (including phenoxy) is 1. The fourth-order valence-corrected chi connectivity index (χ4v) is 1.36. The maximum absolute atomic E-state index is 11.6. The highest BCUT2D eigenvalue weighted by Gasteiger charge is 2.22. The predicted octanol–water partition coefficient (Wildman–Crippen LogP) is 1.43. The lowest BCUT2D eigenvalue weighted by Gasteiger charge is -2.22. The Morgan fingerprint density at radius 2 is 2.17 bits per heavy atom. The number of imidazole rings is 1. The Bertz CT molecular complexity index is 407. The zero-order valence-corrected chi connectivity index (χ0v) is 11.1. The van der Waals surface area contributed by atoms with Crippen LogP contribution in [0, 0.1) is 0 Å². The van der Waals surface area contributed by atoms with Crippen molar-refractivity contribution in [2.24, 2.45) is 0 Å². The second-order valence-electron chi connectivity index (χ2n) is 5.09. The molecule has 18 heavy (non-hydrogen) atoms. The SMILES string of the molecule is CC(=O)C(Cc1cnc[nH]1)NC(=O)OC(C)(C)C. The molecule has 1 aromatic rings. The van der Waals surface area contributed by atoms with Gasteiger partial charge in [0, 0.05) is 18.3 Å². The minimum Gasteiger partial charge on any atom is -0.444 e. The summed E-state index contributed by atoms with van der Waals surface area (Å²) in [5.41, 5.74) is 0.200. The van der Waals surface area contributed by atoms with E-state index in [1.165, 1.54) is 13.3 Å². The third-order valence-electron chi connectivity index (χ3n) is 2.16. The third-order valence-corrected chi connectivity index (χ3v) is 2.16. The minimum absolute atomic E-state index is 0.129. The summed E-state index contributed by atoms with van der Waals surface area (Å²) < 4.78 is 5.11. The van der Waals surface area contributed by atoms with Crippen LogP contribution in [0.15, 0.2) is 12.5 Å². The van der Waals surface area contributed by atoms with E-state index in [0.717, 1.165) is 5.69 Å². The van der Waals surface area contributed by atoms with Gasteiger partial charge in [0.25, 0.3) is 0 Å². The lowest BCUT2D eigenvalue weighted by atomic mass is 10.1. The number of carbonyl (C=O) groups excluding carboxylic acids is 2. The van der Waals surface area contributed by atoms with E-state index in [2.05, 4.69) is 15.3 Å². The standard InChI is InChI=1S/C12H19N3O3/c1-8(16)10(5-9-6-13-7-14-9)15-11(17)18-12(2,3)4/h6-7,10H,5H2,1-4H3,(H,13,14)(H,15,17). The average molecular weight is 253 g/mol. The maximum Gasteiger partial charge on any atom is 0.408 e. The molecule has 0 saturated heterocycles. The summed E-state index contributed by atoms with van der Waals surface area (Å²) in [4.78, 5) is 29.8. The lowest BCUT2D eigenvalue weighted by molar-refractivity contribution is -0.119. The van der Waals surface area contributed by atoms with Crippen molar-refractivity contribution in [3.63, 3.8) is 0 Å². The fourth-order valence-electron chi connectivity index (χ4n) is 1.36. The molecule has 0 aliphatic carbocycles. The number of Topliss-reactive ketones (excluding diaryl/α,β-unsaturated/α-hetero) is 1. The number of nitrogens with zero attached hydrogens (tertiary/aromatic N) is 1. The van der Waals surface area contributed by atoms with E-state index in [0.29, 0.717) is 6.42 Å². The average Bonchev–Trinajstić information content (AvgIpc) is 2.66. The van der Waals surface area contributed by atoms with E-state index in [9.17, 15) is 9.59 Å². The van der Waals surface area contributed by atoms with Gasteiger partial charge in [-0.05, 0) is 27.7 Å². The Labute approximate surface area is 106 Å². The first-order valence-electron chi connectivity index (χ1n) is 5.75. The molecule has 1 heterocycles. The number of rotatable bonds is 4. The van der Waals surface area contributed by atoms with Crippen LogP contribution in [0.1, 0.15) is 33.4 Å². The van der Waals surface area contributed by atoms with Gasteiger partial charge in [-0.15, -0.1) is 0 Å². The number of hydrogen-bond acceptors (Lipinski definition) is 4. The monoisotopic (exact) mass is 253 g/mol. The third kappa shape index (κ3) is 4.99. The van der Waals surface area contributed by atoms with Crippen LogP contribution in [-0.2, 0) is 16.0 Å². The van der Waals surface area contributed by atoms with Gasteiger partial charge in [0.05, 0.1) is 12.4 Å². The van der Waals surface area contributed by atoms with Crippen molar-refractivity contribution in [2.45, 2.75) is 45.8 Å². The molecular weight excluding hydrogens is 234 g/mol. The molecule has 1 rings (SSSR count). The van der Waals surface area contributed by atoms with Crippen molar-refractivity contribution in [1.82, 2.24) is 15.3 Å². The second-order valence-corrected chi connectivity index (χ2v) is 5.09. The number of aromatic amines is 1. The number of nitrogens with one attached hydrogen (secondary N) is 2. The molecule has 0 saturated carbocycles. The smallest absolute Gasteiger partial charge is 0.408 e. The highest BCUT2D eigenvalue weighted by Crippen LogP contribution is 2.07. The lowest BCUT2D eigenvalue weighted by Crippen LogP contribution is -2.44. The van der Waals surface area contributed by atoms with Crippen LogP contribution in [-0.4, -0.2) is 33.5 Å². The van der Waals surface area contributed by atoms with Crippen LogP contribution in [0.25, 0.3) is 0 Å². The molecule has 1 atom stereocenters. The Kier molecular flexibility index (Phi) is 4.47. The molecule has 100 valence electrons. The van der Waals surface area contributed by atoms with Crippen molar-refractivity contribution in [2.75, 3.05) is 0 Å². The number of carbonyl (C=O) groups is 2. The summed E-state index contributed by atoms with van der Waals surface area (Å²) in [7, 11) is 0. The zero-order valence-electron chi connectivity index (χ0n) is 11.1. The molecular formula is C12H19N3O3. The van der Waals surface area contributed by atoms with Crippen LogP contribution in [0.5, 0.6) is 0 Å². The maximum atomic E-state index is 11.6. The Balaban J connectivity index is 2.58. The van der Waals surface area contributed by atoms with E-state index < -0.39 is 17.7 Å². The van der Waals surface area contributed by atoms with Crippen molar-refractivity contribution in [3.05, 3.63) is 18.2 Å². The van der Waals surface area contributed by atoms with E-state index in [1.54, 1.807) is 27.0 Å². The largest absolute Gasteiger partial charge is 0.444 e. The topological polar surface area (TPSA) is 84.1 Å². The number of alkyl carbamates (subject to hydrolysis) is 1. The van der Waals surface area contributed by atoms with Crippen LogP contribution in [0.2, 0.25) is 0 Å². The molecule has 0 aliphatic heterocycles. The van der Waals surface area contributed by atoms with E-state index in [1.807, 2.05) is 0 Å².